The maximum Gasteiger partial charge on any atom is 0.227 e. The predicted molar refractivity (Wildman–Crippen MR) is 161 cm³/mol. The van der Waals surface area contributed by atoms with E-state index in [4.69, 9.17) is 11.5 Å². The molecule has 4 aliphatic rings. The molecule has 7 unspecified atom stereocenters. The Labute approximate surface area is 251 Å². The molecule has 242 valence electrons. The molecule has 0 aromatic rings. The molecule has 0 saturated carbocycles. The third-order valence-corrected chi connectivity index (χ3v) is 9.95. The largest absolute Gasteiger partial charge is 0.350 e. The zero-order chi connectivity index (χ0) is 30.2. The zero-order valence-corrected chi connectivity index (χ0v) is 25.8. The average Bonchev–Trinajstić information content (AvgIpc) is 3.44. The maximum absolute atomic E-state index is 15.5. The van der Waals surface area contributed by atoms with Gasteiger partial charge in [0.2, 0.25) is 11.8 Å². The SMILES string of the molecule is CC(C)N1CCC(C(=O)N2CCN(C3C(F)CNCC3NC(=O)C(C(N)N)C3CCCCCCCC(F)CN3)CC2)C1. The average molecular weight is 599 g/mol. The third kappa shape index (κ3) is 8.81. The molecule has 0 aromatic heterocycles. The van der Waals surface area contributed by atoms with E-state index in [2.05, 4.69) is 39.6 Å². The summed E-state index contributed by atoms with van der Waals surface area (Å²) in [7, 11) is 0. The number of alkyl halides is 2. The van der Waals surface area contributed by atoms with Gasteiger partial charge in [-0.15, -0.1) is 0 Å². The molecule has 0 bridgehead atoms. The van der Waals surface area contributed by atoms with Crippen LogP contribution >= 0.6 is 0 Å². The smallest absolute Gasteiger partial charge is 0.227 e. The van der Waals surface area contributed by atoms with E-state index in [1.165, 1.54) is 0 Å². The van der Waals surface area contributed by atoms with Crippen LogP contribution in [0.1, 0.15) is 65.2 Å². The molecule has 12 heteroatoms. The summed E-state index contributed by atoms with van der Waals surface area (Å²) >= 11 is 0. The first kappa shape index (κ1) is 33.5. The first-order valence-corrected chi connectivity index (χ1v) is 16.5. The molecular formula is C30H56F2N8O2. The number of piperazine rings is 1. The fourth-order valence-electron chi connectivity index (χ4n) is 7.40. The molecular weight excluding hydrogens is 542 g/mol. The van der Waals surface area contributed by atoms with Crippen molar-refractivity contribution in [2.45, 2.75) is 108 Å². The molecule has 4 heterocycles. The minimum Gasteiger partial charge on any atom is -0.350 e. The maximum atomic E-state index is 15.5. The molecule has 0 aliphatic carbocycles. The molecule has 42 heavy (non-hydrogen) atoms. The molecule has 7 atom stereocenters. The Morgan fingerprint density at radius 1 is 0.881 bits per heavy atom. The van der Waals surface area contributed by atoms with Crippen molar-refractivity contribution in [3.05, 3.63) is 0 Å². The van der Waals surface area contributed by atoms with Crippen molar-refractivity contribution in [1.29, 1.82) is 0 Å². The van der Waals surface area contributed by atoms with Gasteiger partial charge in [-0.25, -0.2) is 8.78 Å². The van der Waals surface area contributed by atoms with Crippen LogP contribution in [-0.4, -0.2) is 128 Å². The molecule has 4 aliphatic heterocycles. The summed E-state index contributed by atoms with van der Waals surface area (Å²) < 4.78 is 30.0. The van der Waals surface area contributed by atoms with Gasteiger partial charge in [-0.05, 0) is 39.7 Å². The van der Waals surface area contributed by atoms with Crippen LogP contribution < -0.4 is 27.4 Å². The fraction of sp³-hybridized carbons (Fsp3) is 0.933. The van der Waals surface area contributed by atoms with E-state index in [-0.39, 0.29) is 36.9 Å². The van der Waals surface area contributed by atoms with Crippen LogP contribution in [0.4, 0.5) is 8.78 Å². The molecule has 4 fully saturated rings. The van der Waals surface area contributed by atoms with Gasteiger partial charge < -0.3 is 37.2 Å². The molecule has 4 saturated heterocycles. The van der Waals surface area contributed by atoms with Crippen molar-refractivity contribution in [2.24, 2.45) is 23.3 Å². The van der Waals surface area contributed by atoms with Crippen molar-refractivity contribution >= 4 is 11.8 Å². The first-order valence-electron chi connectivity index (χ1n) is 16.5. The van der Waals surface area contributed by atoms with E-state index >= 15 is 4.39 Å². The lowest BCUT2D eigenvalue weighted by Crippen LogP contribution is -2.69. The minimum atomic E-state index is -1.17. The number of hydrogen-bond donors (Lipinski definition) is 5. The van der Waals surface area contributed by atoms with Crippen LogP contribution in [-0.2, 0) is 9.59 Å². The van der Waals surface area contributed by atoms with E-state index in [0.717, 1.165) is 51.6 Å². The van der Waals surface area contributed by atoms with Crippen LogP contribution in [0.15, 0.2) is 0 Å². The molecule has 2 amide bonds. The Balaban J connectivity index is 1.37. The Bertz CT molecular complexity index is 859. The quantitative estimate of drug-likeness (QED) is 0.269. The van der Waals surface area contributed by atoms with Gasteiger partial charge in [-0.3, -0.25) is 14.5 Å². The van der Waals surface area contributed by atoms with Gasteiger partial charge in [0.15, 0.2) is 0 Å². The fourth-order valence-corrected chi connectivity index (χ4v) is 7.40. The van der Waals surface area contributed by atoms with Crippen molar-refractivity contribution in [3.63, 3.8) is 0 Å². The van der Waals surface area contributed by atoms with Gasteiger partial charge in [-0.2, -0.15) is 0 Å². The summed E-state index contributed by atoms with van der Waals surface area (Å²) in [6, 6.07) is -0.908. The number of piperidine rings is 1. The van der Waals surface area contributed by atoms with E-state index in [1.807, 2.05) is 4.90 Å². The van der Waals surface area contributed by atoms with Gasteiger partial charge in [0, 0.05) is 64.4 Å². The lowest BCUT2D eigenvalue weighted by molar-refractivity contribution is -0.137. The Kier molecular flexibility index (Phi) is 12.8. The lowest BCUT2D eigenvalue weighted by atomic mass is 9.89. The lowest BCUT2D eigenvalue weighted by Gasteiger charge is -2.46. The number of halogens is 2. The van der Waals surface area contributed by atoms with Gasteiger partial charge in [-0.1, -0.05) is 32.1 Å². The second kappa shape index (κ2) is 16.0. The van der Waals surface area contributed by atoms with E-state index < -0.39 is 36.5 Å². The highest BCUT2D eigenvalue weighted by Crippen LogP contribution is 2.24. The van der Waals surface area contributed by atoms with Gasteiger partial charge in [0.05, 0.1) is 30.1 Å². The van der Waals surface area contributed by atoms with Crippen molar-refractivity contribution in [1.82, 2.24) is 30.7 Å². The number of likely N-dealkylation sites (tertiary alicyclic amines) is 1. The standard InChI is InChI=1S/C30H56F2N8O2/c1-20(2)40-11-10-21(19-40)30(42)39-14-12-38(13-15-39)27-23(32)17-35-18-25(27)37-29(41)26(28(33)34)24-9-7-5-3-4-6-8-22(31)16-36-24/h20-28,35-36H,3-19,33-34H2,1-2H3,(H,37,41). The highest BCUT2D eigenvalue weighted by atomic mass is 19.1. The first-order chi connectivity index (χ1) is 20.2. The number of hydrogen-bond acceptors (Lipinski definition) is 8. The normalized spacial score (nSPS) is 33.9. The Morgan fingerprint density at radius 2 is 1.57 bits per heavy atom. The van der Waals surface area contributed by atoms with Crippen LogP contribution in [0, 0.1) is 11.8 Å². The molecule has 0 aromatic carbocycles. The number of carbonyl (C=O) groups is 2. The topological polar surface area (TPSA) is 132 Å². The van der Waals surface area contributed by atoms with E-state index in [0.29, 0.717) is 51.6 Å². The third-order valence-electron chi connectivity index (χ3n) is 9.95. The van der Waals surface area contributed by atoms with Crippen LogP contribution in [0.25, 0.3) is 0 Å². The number of rotatable bonds is 7. The van der Waals surface area contributed by atoms with Crippen molar-refractivity contribution < 1.29 is 18.4 Å². The number of carbonyl (C=O) groups excluding carboxylic acids is 2. The minimum absolute atomic E-state index is 0.0313. The Morgan fingerprint density at radius 3 is 2.24 bits per heavy atom. The summed E-state index contributed by atoms with van der Waals surface area (Å²) in [6.07, 6.45) is 3.86. The van der Waals surface area contributed by atoms with Gasteiger partial charge >= 0.3 is 0 Å². The van der Waals surface area contributed by atoms with E-state index in [1.54, 1.807) is 0 Å². The van der Waals surface area contributed by atoms with Gasteiger partial charge in [0.25, 0.3) is 0 Å². The van der Waals surface area contributed by atoms with E-state index in [9.17, 15) is 14.0 Å². The van der Waals surface area contributed by atoms with Gasteiger partial charge in [0.1, 0.15) is 12.3 Å². The molecule has 0 spiro atoms. The molecule has 4 rings (SSSR count). The second-order valence-corrected chi connectivity index (χ2v) is 13.3. The van der Waals surface area contributed by atoms with Crippen LogP contribution in [0.5, 0.6) is 0 Å². The number of amides is 2. The number of nitrogens with two attached hydrogens (primary N) is 2. The van der Waals surface area contributed by atoms with Crippen molar-refractivity contribution in [2.75, 3.05) is 58.9 Å². The summed E-state index contributed by atoms with van der Waals surface area (Å²) in [5, 5.41) is 9.47. The molecule has 7 N–H and O–H groups in total. The summed E-state index contributed by atoms with van der Waals surface area (Å²) in [4.78, 5) is 33.3. The molecule has 0 radical (unpaired) electrons. The number of nitrogens with one attached hydrogen (secondary N) is 3. The number of nitrogens with zero attached hydrogens (tertiary/aromatic N) is 3. The highest BCUT2D eigenvalue weighted by molar-refractivity contribution is 5.81. The summed E-state index contributed by atoms with van der Waals surface area (Å²) in [6.45, 7) is 9.12. The zero-order valence-electron chi connectivity index (χ0n) is 25.8. The van der Waals surface area contributed by atoms with Crippen molar-refractivity contribution in [3.8, 4) is 0 Å². The second-order valence-electron chi connectivity index (χ2n) is 13.3. The van der Waals surface area contributed by atoms with Crippen LogP contribution in [0.3, 0.4) is 0 Å². The summed E-state index contributed by atoms with van der Waals surface area (Å²) in [5.74, 6) is -0.842. The monoisotopic (exact) mass is 598 g/mol. The Hall–Kier alpha value is -1.44. The summed E-state index contributed by atoms with van der Waals surface area (Å²) in [5.41, 5.74) is 12.3. The molecule has 10 nitrogen and oxygen atoms in total. The predicted octanol–water partition coefficient (Wildman–Crippen LogP) is 0.556. The van der Waals surface area contributed by atoms with Crippen LogP contribution in [0.2, 0.25) is 0 Å². The highest BCUT2D eigenvalue weighted by Gasteiger charge is 2.43.